The lowest BCUT2D eigenvalue weighted by atomic mass is 9.90. The summed E-state index contributed by atoms with van der Waals surface area (Å²) in [6.45, 7) is 0.673. The summed E-state index contributed by atoms with van der Waals surface area (Å²) in [5.41, 5.74) is 2.73. The third-order valence-electron chi connectivity index (χ3n) is 3.77. The Kier molecular flexibility index (Phi) is 3.74. The highest BCUT2D eigenvalue weighted by atomic mass is 16.5. The summed E-state index contributed by atoms with van der Waals surface area (Å²) in [5, 5.41) is 9.32. The van der Waals surface area contributed by atoms with Crippen LogP contribution < -0.4 is 9.47 Å². The van der Waals surface area contributed by atoms with Gasteiger partial charge in [0.2, 0.25) is 5.88 Å². The van der Waals surface area contributed by atoms with Gasteiger partial charge in [-0.2, -0.15) is 5.26 Å². The van der Waals surface area contributed by atoms with Gasteiger partial charge in [0.05, 0.1) is 13.7 Å². The third-order valence-corrected chi connectivity index (χ3v) is 3.77. The second-order valence-electron chi connectivity index (χ2n) is 5.16. The largest absolute Gasteiger partial charge is 0.493 e. The maximum atomic E-state index is 9.32. The van der Waals surface area contributed by atoms with Crippen LogP contribution in [0.4, 0.5) is 0 Å². The minimum Gasteiger partial charge on any atom is -0.493 e. The fourth-order valence-electron chi connectivity index (χ4n) is 2.76. The van der Waals surface area contributed by atoms with Crippen LogP contribution in [0.5, 0.6) is 11.6 Å². The third kappa shape index (κ3) is 2.68. The second kappa shape index (κ2) is 5.84. The van der Waals surface area contributed by atoms with Crippen LogP contribution in [0.3, 0.4) is 0 Å². The molecule has 1 unspecified atom stereocenters. The van der Waals surface area contributed by atoms with Gasteiger partial charge in [-0.25, -0.2) is 4.98 Å². The van der Waals surface area contributed by atoms with Gasteiger partial charge in [0.15, 0.2) is 0 Å². The van der Waals surface area contributed by atoms with Gasteiger partial charge in [0, 0.05) is 12.1 Å². The molecule has 1 aromatic heterocycles. The molecule has 4 heteroatoms. The lowest BCUT2D eigenvalue weighted by Crippen LogP contribution is -2.23. The number of benzene rings is 1. The van der Waals surface area contributed by atoms with Crippen LogP contribution in [0.1, 0.15) is 16.7 Å². The molecule has 0 saturated carbocycles. The van der Waals surface area contributed by atoms with Crippen molar-refractivity contribution in [3.63, 3.8) is 0 Å². The molecule has 0 spiro atoms. The molecule has 0 N–H and O–H groups in total. The van der Waals surface area contributed by atoms with Gasteiger partial charge < -0.3 is 9.47 Å². The SMILES string of the molecule is COc1nccc(CC2COc3ccccc3C2)c1C#N. The van der Waals surface area contributed by atoms with E-state index in [-0.39, 0.29) is 0 Å². The fourth-order valence-corrected chi connectivity index (χ4v) is 2.76. The van der Waals surface area contributed by atoms with E-state index in [0.29, 0.717) is 24.0 Å². The molecule has 0 bridgehead atoms. The van der Waals surface area contributed by atoms with Crippen molar-refractivity contribution in [2.75, 3.05) is 13.7 Å². The van der Waals surface area contributed by atoms with Crippen molar-refractivity contribution >= 4 is 0 Å². The number of ether oxygens (including phenoxy) is 2. The molecule has 1 aliphatic heterocycles. The van der Waals surface area contributed by atoms with Gasteiger partial charge in [-0.1, -0.05) is 18.2 Å². The molecule has 106 valence electrons. The van der Waals surface area contributed by atoms with Crippen molar-refractivity contribution in [3.05, 3.63) is 53.2 Å². The number of methoxy groups -OCH3 is 1. The second-order valence-corrected chi connectivity index (χ2v) is 5.16. The Labute approximate surface area is 124 Å². The summed E-state index contributed by atoms with van der Waals surface area (Å²) in [6.07, 6.45) is 3.44. The van der Waals surface area contributed by atoms with Crippen molar-refractivity contribution in [1.82, 2.24) is 4.98 Å². The Bertz CT molecular complexity index is 691. The average molecular weight is 280 g/mol. The lowest BCUT2D eigenvalue weighted by molar-refractivity contribution is 0.221. The zero-order chi connectivity index (χ0) is 14.7. The van der Waals surface area contributed by atoms with Gasteiger partial charge in [0.1, 0.15) is 17.4 Å². The molecule has 1 aromatic carbocycles. The lowest BCUT2D eigenvalue weighted by Gasteiger charge is -2.25. The number of fused-ring (bicyclic) bond motifs is 1. The standard InChI is InChI=1S/C17H16N2O2/c1-20-17-15(10-18)13(6-7-19-17)8-12-9-14-4-2-3-5-16(14)21-11-12/h2-7,12H,8-9,11H2,1H3. The van der Waals surface area contributed by atoms with Crippen LogP contribution in [0.2, 0.25) is 0 Å². The molecule has 0 amide bonds. The van der Waals surface area contributed by atoms with E-state index in [1.807, 2.05) is 24.3 Å². The first-order valence-corrected chi connectivity index (χ1v) is 6.94. The summed E-state index contributed by atoms with van der Waals surface area (Å²) in [4.78, 5) is 4.08. The Morgan fingerprint density at radius 3 is 3.05 bits per heavy atom. The number of pyridine rings is 1. The van der Waals surface area contributed by atoms with E-state index in [0.717, 1.165) is 24.2 Å². The smallest absolute Gasteiger partial charge is 0.231 e. The van der Waals surface area contributed by atoms with Gasteiger partial charge in [-0.15, -0.1) is 0 Å². The first kappa shape index (κ1) is 13.4. The van der Waals surface area contributed by atoms with Crippen molar-refractivity contribution in [2.24, 2.45) is 5.92 Å². The van der Waals surface area contributed by atoms with Crippen LogP contribution in [0, 0.1) is 17.2 Å². The summed E-state index contributed by atoms with van der Waals surface area (Å²) in [7, 11) is 1.53. The van der Waals surface area contributed by atoms with Crippen LogP contribution >= 0.6 is 0 Å². The van der Waals surface area contributed by atoms with Crippen LogP contribution in [0.15, 0.2) is 36.5 Å². The molecule has 3 rings (SSSR count). The number of hydrogen-bond donors (Lipinski definition) is 0. The van der Waals surface area contributed by atoms with E-state index in [1.54, 1.807) is 6.20 Å². The van der Waals surface area contributed by atoms with E-state index in [1.165, 1.54) is 12.7 Å². The highest BCUT2D eigenvalue weighted by Gasteiger charge is 2.22. The number of aromatic nitrogens is 1. The summed E-state index contributed by atoms with van der Waals surface area (Å²) in [5.74, 6) is 1.73. The zero-order valence-corrected chi connectivity index (χ0v) is 11.9. The summed E-state index contributed by atoms with van der Waals surface area (Å²) < 4.78 is 11.0. The molecule has 1 atom stereocenters. The highest BCUT2D eigenvalue weighted by Crippen LogP contribution is 2.30. The molecule has 0 saturated heterocycles. The molecule has 1 aliphatic rings. The summed E-state index contributed by atoms with van der Waals surface area (Å²) >= 11 is 0. The topological polar surface area (TPSA) is 55.1 Å². The molecule has 0 radical (unpaired) electrons. The number of nitrogens with zero attached hydrogens (tertiary/aromatic N) is 2. The van der Waals surface area contributed by atoms with Crippen molar-refractivity contribution in [2.45, 2.75) is 12.8 Å². The van der Waals surface area contributed by atoms with Gasteiger partial charge in [-0.05, 0) is 36.1 Å². The molecule has 0 fully saturated rings. The minimum absolute atomic E-state index is 0.360. The molecule has 2 aromatic rings. The van der Waals surface area contributed by atoms with Gasteiger partial charge >= 0.3 is 0 Å². The fraction of sp³-hybridized carbons (Fsp3) is 0.294. The Balaban J connectivity index is 1.81. The first-order valence-electron chi connectivity index (χ1n) is 6.94. The molecule has 4 nitrogen and oxygen atoms in total. The molecule has 21 heavy (non-hydrogen) atoms. The maximum Gasteiger partial charge on any atom is 0.231 e. The van der Waals surface area contributed by atoms with E-state index in [2.05, 4.69) is 17.1 Å². The van der Waals surface area contributed by atoms with E-state index in [4.69, 9.17) is 9.47 Å². The minimum atomic E-state index is 0.360. The van der Waals surface area contributed by atoms with Crippen LogP contribution in [0.25, 0.3) is 0 Å². The number of hydrogen-bond acceptors (Lipinski definition) is 4. The normalized spacial score (nSPS) is 16.5. The molecular weight excluding hydrogens is 264 g/mol. The highest BCUT2D eigenvalue weighted by molar-refractivity contribution is 5.45. The Hall–Kier alpha value is -2.54. The predicted octanol–water partition coefficient (Wildman–Crippen LogP) is 2.76. The molecule has 2 heterocycles. The average Bonchev–Trinajstić information content (AvgIpc) is 2.54. The Morgan fingerprint density at radius 1 is 1.38 bits per heavy atom. The molecular formula is C17H16N2O2. The monoisotopic (exact) mass is 280 g/mol. The number of rotatable bonds is 3. The van der Waals surface area contributed by atoms with E-state index in [9.17, 15) is 5.26 Å². The quantitative estimate of drug-likeness (QED) is 0.867. The zero-order valence-electron chi connectivity index (χ0n) is 11.9. The van der Waals surface area contributed by atoms with E-state index >= 15 is 0 Å². The maximum absolute atomic E-state index is 9.32. The first-order chi connectivity index (χ1) is 10.3. The summed E-state index contributed by atoms with van der Waals surface area (Å²) in [6, 6.07) is 12.2. The van der Waals surface area contributed by atoms with E-state index < -0.39 is 0 Å². The predicted molar refractivity (Wildman–Crippen MR) is 78.3 cm³/mol. The molecule has 0 aliphatic carbocycles. The number of para-hydroxylation sites is 1. The Morgan fingerprint density at radius 2 is 2.24 bits per heavy atom. The van der Waals surface area contributed by atoms with Crippen LogP contribution in [-0.4, -0.2) is 18.7 Å². The van der Waals surface area contributed by atoms with Crippen LogP contribution in [-0.2, 0) is 12.8 Å². The van der Waals surface area contributed by atoms with Gasteiger partial charge in [0.25, 0.3) is 0 Å². The van der Waals surface area contributed by atoms with Crippen molar-refractivity contribution < 1.29 is 9.47 Å². The van der Waals surface area contributed by atoms with Crippen molar-refractivity contribution in [3.8, 4) is 17.7 Å². The van der Waals surface area contributed by atoms with Gasteiger partial charge in [-0.3, -0.25) is 0 Å². The van der Waals surface area contributed by atoms with Crippen molar-refractivity contribution in [1.29, 1.82) is 5.26 Å². The number of nitriles is 1.